The van der Waals surface area contributed by atoms with E-state index in [1.807, 2.05) is 0 Å². The first-order chi connectivity index (χ1) is 5.29. The summed E-state index contributed by atoms with van der Waals surface area (Å²) in [6.07, 6.45) is 4.91. The molecule has 0 saturated heterocycles. The highest BCUT2D eigenvalue weighted by molar-refractivity contribution is 5.94. The molecule has 0 bridgehead atoms. The van der Waals surface area contributed by atoms with E-state index in [2.05, 4.69) is 4.98 Å². The van der Waals surface area contributed by atoms with Gasteiger partial charge < -0.3 is 10.7 Å². The van der Waals surface area contributed by atoms with Gasteiger partial charge in [0.05, 0.1) is 5.56 Å². The lowest BCUT2D eigenvalue weighted by molar-refractivity contribution is 0.0999. The standard InChI is InChI=1S/C8H10N2O/c9-8(11)6-4-10-7-3-1-2-5(6)7/h4,10H,1-3H2,(H2,9,11). The van der Waals surface area contributed by atoms with E-state index >= 15 is 0 Å². The fourth-order valence-electron chi connectivity index (χ4n) is 1.67. The van der Waals surface area contributed by atoms with Crippen LogP contribution in [0.4, 0.5) is 0 Å². The number of amides is 1. The summed E-state index contributed by atoms with van der Waals surface area (Å²) in [5, 5.41) is 0. The predicted octanol–water partition coefficient (Wildman–Crippen LogP) is 0.602. The van der Waals surface area contributed by atoms with E-state index in [0.29, 0.717) is 5.56 Å². The van der Waals surface area contributed by atoms with Gasteiger partial charge in [-0.25, -0.2) is 0 Å². The molecule has 2 rings (SSSR count). The minimum atomic E-state index is -0.315. The summed E-state index contributed by atoms with van der Waals surface area (Å²) in [7, 11) is 0. The van der Waals surface area contributed by atoms with Gasteiger partial charge in [-0.2, -0.15) is 0 Å². The molecular formula is C8H10N2O. The summed E-state index contributed by atoms with van der Waals surface area (Å²) < 4.78 is 0. The average molecular weight is 150 g/mol. The number of aromatic amines is 1. The predicted molar refractivity (Wildman–Crippen MR) is 41.3 cm³/mol. The van der Waals surface area contributed by atoms with E-state index in [9.17, 15) is 4.79 Å². The molecule has 1 aliphatic rings. The number of H-pyrrole nitrogens is 1. The fourth-order valence-corrected chi connectivity index (χ4v) is 1.67. The normalized spacial score (nSPS) is 14.9. The molecule has 3 N–H and O–H groups in total. The number of aryl methyl sites for hydroxylation is 1. The van der Waals surface area contributed by atoms with Crippen LogP contribution in [0.3, 0.4) is 0 Å². The third-order valence-electron chi connectivity index (χ3n) is 2.20. The minimum absolute atomic E-state index is 0.315. The van der Waals surface area contributed by atoms with Crippen LogP contribution in [-0.2, 0) is 12.8 Å². The Balaban J connectivity index is 2.50. The maximum atomic E-state index is 10.8. The Bertz CT molecular complexity index is 301. The van der Waals surface area contributed by atoms with Crippen LogP contribution < -0.4 is 5.73 Å². The van der Waals surface area contributed by atoms with Gasteiger partial charge in [0.2, 0.25) is 0 Å². The maximum Gasteiger partial charge on any atom is 0.250 e. The van der Waals surface area contributed by atoms with Crippen molar-refractivity contribution in [3.8, 4) is 0 Å². The second-order valence-electron chi connectivity index (χ2n) is 2.88. The van der Waals surface area contributed by atoms with Crippen molar-refractivity contribution >= 4 is 5.91 Å². The molecule has 1 aromatic heterocycles. The van der Waals surface area contributed by atoms with Crippen molar-refractivity contribution < 1.29 is 4.79 Å². The SMILES string of the molecule is NC(=O)c1c[nH]c2c1CCC2. The van der Waals surface area contributed by atoms with Crippen LogP contribution in [0.2, 0.25) is 0 Å². The molecule has 0 fully saturated rings. The van der Waals surface area contributed by atoms with E-state index in [-0.39, 0.29) is 5.91 Å². The van der Waals surface area contributed by atoms with Crippen LogP contribution in [0.1, 0.15) is 28.0 Å². The van der Waals surface area contributed by atoms with E-state index in [1.54, 1.807) is 6.20 Å². The van der Waals surface area contributed by atoms with Crippen molar-refractivity contribution in [2.75, 3.05) is 0 Å². The molecular weight excluding hydrogens is 140 g/mol. The highest BCUT2D eigenvalue weighted by Gasteiger charge is 2.18. The number of hydrogen-bond acceptors (Lipinski definition) is 1. The molecule has 1 aromatic rings. The van der Waals surface area contributed by atoms with Crippen LogP contribution in [-0.4, -0.2) is 10.9 Å². The van der Waals surface area contributed by atoms with Gasteiger partial charge in [0, 0.05) is 11.9 Å². The lowest BCUT2D eigenvalue weighted by Gasteiger charge is -1.92. The first-order valence-corrected chi connectivity index (χ1v) is 3.78. The molecule has 0 aromatic carbocycles. The van der Waals surface area contributed by atoms with E-state index in [1.165, 1.54) is 5.69 Å². The Morgan fingerprint density at radius 1 is 1.55 bits per heavy atom. The molecule has 11 heavy (non-hydrogen) atoms. The Kier molecular flexibility index (Phi) is 1.24. The van der Waals surface area contributed by atoms with Gasteiger partial charge in [0.15, 0.2) is 0 Å². The molecule has 0 unspecified atom stereocenters. The number of carbonyl (C=O) groups is 1. The number of fused-ring (bicyclic) bond motifs is 1. The number of rotatable bonds is 1. The highest BCUT2D eigenvalue weighted by atomic mass is 16.1. The van der Waals surface area contributed by atoms with Crippen LogP contribution in [0.15, 0.2) is 6.20 Å². The Morgan fingerprint density at radius 3 is 3.09 bits per heavy atom. The molecule has 3 heteroatoms. The Morgan fingerprint density at radius 2 is 2.36 bits per heavy atom. The third kappa shape index (κ3) is 0.843. The Labute approximate surface area is 64.6 Å². The topological polar surface area (TPSA) is 58.9 Å². The average Bonchev–Trinajstić information content (AvgIpc) is 2.41. The number of hydrogen-bond donors (Lipinski definition) is 2. The number of nitrogens with one attached hydrogen (secondary N) is 1. The molecule has 0 radical (unpaired) electrons. The van der Waals surface area contributed by atoms with E-state index in [0.717, 1.165) is 24.8 Å². The molecule has 3 nitrogen and oxygen atoms in total. The third-order valence-corrected chi connectivity index (χ3v) is 2.20. The molecule has 1 aliphatic carbocycles. The largest absolute Gasteiger partial charge is 0.366 e. The quantitative estimate of drug-likeness (QED) is 0.605. The van der Waals surface area contributed by atoms with Crippen molar-refractivity contribution in [3.05, 3.63) is 23.0 Å². The first kappa shape index (κ1) is 6.46. The molecule has 58 valence electrons. The Hall–Kier alpha value is -1.25. The lowest BCUT2D eigenvalue weighted by Crippen LogP contribution is -2.11. The molecule has 0 spiro atoms. The van der Waals surface area contributed by atoms with Gasteiger partial charge in [-0.1, -0.05) is 0 Å². The van der Waals surface area contributed by atoms with Crippen molar-refractivity contribution in [1.29, 1.82) is 0 Å². The van der Waals surface area contributed by atoms with Gasteiger partial charge in [0.25, 0.3) is 5.91 Å². The van der Waals surface area contributed by atoms with Gasteiger partial charge in [-0.15, -0.1) is 0 Å². The first-order valence-electron chi connectivity index (χ1n) is 3.78. The van der Waals surface area contributed by atoms with Gasteiger partial charge in [-0.3, -0.25) is 4.79 Å². The second kappa shape index (κ2) is 2.12. The minimum Gasteiger partial charge on any atom is -0.366 e. The van der Waals surface area contributed by atoms with E-state index in [4.69, 9.17) is 5.73 Å². The highest BCUT2D eigenvalue weighted by Crippen LogP contribution is 2.23. The lowest BCUT2D eigenvalue weighted by atomic mass is 10.1. The summed E-state index contributed by atoms with van der Waals surface area (Å²) in [6.45, 7) is 0. The van der Waals surface area contributed by atoms with Gasteiger partial charge in [-0.05, 0) is 24.8 Å². The number of nitrogens with two attached hydrogens (primary N) is 1. The monoisotopic (exact) mass is 150 g/mol. The van der Waals surface area contributed by atoms with E-state index < -0.39 is 0 Å². The zero-order valence-electron chi connectivity index (χ0n) is 6.18. The molecule has 0 saturated carbocycles. The second-order valence-corrected chi connectivity index (χ2v) is 2.88. The van der Waals surface area contributed by atoms with Gasteiger partial charge in [0.1, 0.15) is 0 Å². The zero-order chi connectivity index (χ0) is 7.84. The summed E-state index contributed by atoms with van der Waals surface area (Å²) in [4.78, 5) is 13.9. The zero-order valence-corrected chi connectivity index (χ0v) is 6.18. The van der Waals surface area contributed by atoms with Crippen LogP contribution >= 0.6 is 0 Å². The number of carbonyl (C=O) groups excluding carboxylic acids is 1. The van der Waals surface area contributed by atoms with Crippen molar-refractivity contribution in [1.82, 2.24) is 4.98 Å². The van der Waals surface area contributed by atoms with Crippen molar-refractivity contribution in [2.24, 2.45) is 5.73 Å². The van der Waals surface area contributed by atoms with Crippen LogP contribution in [0.5, 0.6) is 0 Å². The molecule has 0 aliphatic heterocycles. The summed E-state index contributed by atoms with van der Waals surface area (Å²) in [5.74, 6) is -0.315. The van der Waals surface area contributed by atoms with Gasteiger partial charge >= 0.3 is 0 Å². The number of aromatic nitrogens is 1. The summed E-state index contributed by atoms with van der Waals surface area (Å²) >= 11 is 0. The fraction of sp³-hybridized carbons (Fsp3) is 0.375. The molecule has 0 atom stereocenters. The van der Waals surface area contributed by atoms with Crippen molar-refractivity contribution in [3.63, 3.8) is 0 Å². The molecule has 1 amide bonds. The van der Waals surface area contributed by atoms with Crippen molar-refractivity contribution in [2.45, 2.75) is 19.3 Å². The summed E-state index contributed by atoms with van der Waals surface area (Å²) in [6, 6.07) is 0. The van der Waals surface area contributed by atoms with Crippen LogP contribution in [0, 0.1) is 0 Å². The van der Waals surface area contributed by atoms with Crippen LogP contribution in [0.25, 0.3) is 0 Å². The molecule has 1 heterocycles. The smallest absolute Gasteiger partial charge is 0.250 e. The maximum absolute atomic E-state index is 10.8. The number of primary amides is 1. The summed E-state index contributed by atoms with van der Waals surface area (Å²) in [5.41, 5.74) is 8.18.